The van der Waals surface area contributed by atoms with Crippen molar-refractivity contribution in [3.63, 3.8) is 0 Å². The summed E-state index contributed by atoms with van der Waals surface area (Å²) in [5, 5.41) is 5.55. The molecule has 0 saturated carbocycles. The van der Waals surface area contributed by atoms with Gasteiger partial charge in [0, 0.05) is 11.7 Å². The van der Waals surface area contributed by atoms with E-state index in [1.54, 1.807) is 0 Å². The Hall–Kier alpha value is -1.21. The average Bonchev–Trinajstić information content (AvgIpc) is 2.34. The van der Waals surface area contributed by atoms with Crippen LogP contribution in [0.1, 0.15) is 5.76 Å². The van der Waals surface area contributed by atoms with E-state index < -0.39 is 15.1 Å². The van der Waals surface area contributed by atoms with E-state index in [4.69, 9.17) is 4.55 Å². The van der Waals surface area contributed by atoms with Crippen LogP contribution in [0.3, 0.4) is 0 Å². The maximum atomic E-state index is 10.5. The molecule has 0 unspecified atom stereocenters. The number of hydrogen-bond acceptors (Lipinski definition) is 5. The fourth-order valence-corrected chi connectivity index (χ4v) is 1.20. The van der Waals surface area contributed by atoms with Gasteiger partial charge in [-0.25, -0.2) is 0 Å². The summed E-state index contributed by atoms with van der Waals surface area (Å²) >= 11 is 0. The Morgan fingerprint density at radius 3 is 2.83 bits per heavy atom. The van der Waals surface area contributed by atoms with E-state index in [0.717, 1.165) is 0 Å². The fraction of sp³-hybridized carbons (Fsp3) is 0.200. The minimum Gasteiger partial charge on any atom is -0.340 e. The molecule has 66 valence electrons. The summed E-state index contributed by atoms with van der Waals surface area (Å²) in [6.07, 6.45) is 1.57. The highest BCUT2D eigenvalue weighted by Gasteiger charge is 2.21. The zero-order valence-electron chi connectivity index (χ0n) is 5.97. The maximum absolute atomic E-state index is 10.5. The second-order valence-corrected chi connectivity index (χ2v) is 3.31. The lowest BCUT2D eigenvalue weighted by Gasteiger charge is -1.89. The Morgan fingerprint density at radius 1 is 1.67 bits per heavy atom. The summed E-state index contributed by atoms with van der Waals surface area (Å²) in [6.45, 7) is 3.37. The van der Waals surface area contributed by atoms with Crippen molar-refractivity contribution in [2.75, 3.05) is 0 Å². The van der Waals surface area contributed by atoms with Crippen LogP contribution in [0.4, 0.5) is 0 Å². The molecule has 0 fully saturated rings. The van der Waals surface area contributed by atoms with Crippen molar-refractivity contribution < 1.29 is 17.5 Å². The summed E-state index contributed by atoms with van der Waals surface area (Å²) < 4.78 is 34.1. The Morgan fingerprint density at radius 2 is 2.33 bits per heavy atom. The zero-order chi connectivity index (χ0) is 9.19. The third-order valence-electron chi connectivity index (χ3n) is 1.10. The number of nitrogens with zero attached hydrogens (tertiary/aromatic N) is 2. The predicted octanol–water partition coefficient (Wildman–Crippen LogP) is 0.0448. The highest BCUT2D eigenvalue weighted by molar-refractivity contribution is 7.85. The van der Waals surface area contributed by atoms with Gasteiger partial charge in [0.1, 0.15) is 0 Å². The van der Waals surface area contributed by atoms with E-state index in [1.165, 1.54) is 6.08 Å². The molecule has 1 aromatic heterocycles. The van der Waals surface area contributed by atoms with Gasteiger partial charge in [0.25, 0.3) is 0 Å². The van der Waals surface area contributed by atoms with Crippen molar-refractivity contribution in [2.24, 2.45) is 0 Å². The largest absolute Gasteiger partial charge is 0.340 e. The van der Waals surface area contributed by atoms with Crippen LogP contribution < -0.4 is 0 Å². The van der Waals surface area contributed by atoms with Crippen molar-refractivity contribution in [1.29, 1.82) is 0 Å². The molecule has 1 heterocycles. The molecule has 1 aromatic rings. The molecule has 6 nitrogen and oxygen atoms in total. The van der Waals surface area contributed by atoms with Gasteiger partial charge in [-0.2, -0.15) is 8.42 Å². The van der Waals surface area contributed by atoms with Crippen LogP contribution in [0, 0.1) is 0 Å². The monoisotopic (exact) mass is 190 g/mol. The molecule has 12 heavy (non-hydrogen) atoms. The first-order chi connectivity index (χ1) is 5.55. The molecule has 0 aromatic carbocycles. The van der Waals surface area contributed by atoms with Gasteiger partial charge in [-0.1, -0.05) is 11.2 Å². The summed E-state index contributed by atoms with van der Waals surface area (Å²) in [4.78, 5) is 0. The highest BCUT2D eigenvalue weighted by Crippen LogP contribution is 2.11. The van der Waals surface area contributed by atoms with Crippen molar-refractivity contribution in [2.45, 2.75) is 11.4 Å². The average molecular weight is 190 g/mol. The van der Waals surface area contributed by atoms with Crippen LogP contribution in [-0.4, -0.2) is 23.3 Å². The smallest absolute Gasteiger partial charge is 0.317 e. The van der Waals surface area contributed by atoms with Crippen LogP contribution >= 0.6 is 0 Å². The molecule has 0 aliphatic heterocycles. The number of hydrogen-bond donors (Lipinski definition) is 1. The minimum atomic E-state index is -4.33. The first kappa shape index (κ1) is 8.88. The molecule has 0 spiro atoms. The van der Waals surface area contributed by atoms with Gasteiger partial charge in [-0.15, -0.1) is 6.58 Å². The minimum absolute atomic E-state index is 0.0208. The van der Waals surface area contributed by atoms with Gasteiger partial charge in [-0.3, -0.25) is 4.55 Å². The zero-order valence-corrected chi connectivity index (χ0v) is 6.78. The topological polar surface area (TPSA) is 93.3 Å². The number of rotatable bonds is 3. The Balaban J connectivity index is 3.16. The van der Waals surface area contributed by atoms with Crippen LogP contribution in [0.15, 0.2) is 22.2 Å². The first-order valence-electron chi connectivity index (χ1n) is 2.95. The van der Waals surface area contributed by atoms with Gasteiger partial charge in [0.05, 0.1) is 0 Å². The molecule has 0 amide bonds. The quantitative estimate of drug-likeness (QED) is 0.534. The number of aromatic nitrogens is 2. The van der Waals surface area contributed by atoms with E-state index in [2.05, 4.69) is 21.5 Å². The van der Waals surface area contributed by atoms with Gasteiger partial charge in [0.2, 0.25) is 5.03 Å². The van der Waals surface area contributed by atoms with E-state index in [-0.39, 0.29) is 12.2 Å². The Bertz CT molecular complexity index is 380. The molecule has 0 radical (unpaired) electrons. The molecule has 0 aliphatic carbocycles. The van der Waals surface area contributed by atoms with Gasteiger partial charge in [0.15, 0.2) is 5.76 Å². The van der Waals surface area contributed by atoms with Crippen molar-refractivity contribution in [3.05, 3.63) is 18.4 Å². The third kappa shape index (κ3) is 1.69. The molecular formula is C5H6N2O4S. The van der Waals surface area contributed by atoms with Gasteiger partial charge < -0.3 is 4.52 Å². The lowest BCUT2D eigenvalue weighted by atomic mass is 10.3. The maximum Gasteiger partial charge on any atom is 0.317 e. The van der Waals surface area contributed by atoms with Crippen LogP contribution in [0.25, 0.3) is 0 Å². The van der Waals surface area contributed by atoms with Crippen LogP contribution in [-0.2, 0) is 16.5 Å². The Kier molecular flexibility index (Phi) is 2.25. The van der Waals surface area contributed by atoms with Crippen LogP contribution in [0.2, 0.25) is 0 Å². The predicted molar refractivity (Wildman–Crippen MR) is 38.0 cm³/mol. The number of allylic oxidation sites excluding steroid dienone is 1. The van der Waals surface area contributed by atoms with Crippen molar-refractivity contribution >= 4 is 10.1 Å². The normalized spacial score (nSPS) is 11.4. The van der Waals surface area contributed by atoms with E-state index in [1.807, 2.05) is 0 Å². The molecule has 0 aliphatic rings. The van der Waals surface area contributed by atoms with Gasteiger partial charge in [-0.05, 0) is 0 Å². The summed E-state index contributed by atoms with van der Waals surface area (Å²) in [5.74, 6) is -0.0208. The molecule has 0 atom stereocenters. The van der Waals surface area contributed by atoms with E-state index >= 15 is 0 Å². The van der Waals surface area contributed by atoms with Crippen molar-refractivity contribution in [1.82, 2.24) is 10.4 Å². The SMILES string of the molecule is C=CCc1onnc1S(=O)(=O)O. The summed E-state index contributed by atoms with van der Waals surface area (Å²) in [5.41, 5.74) is 0. The first-order valence-corrected chi connectivity index (χ1v) is 4.39. The molecule has 7 heteroatoms. The fourth-order valence-electron chi connectivity index (χ4n) is 0.653. The van der Waals surface area contributed by atoms with E-state index in [0.29, 0.717) is 0 Å². The molecule has 1 N–H and O–H groups in total. The van der Waals surface area contributed by atoms with Crippen molar-refractivity contribution in [3.8, 4) is 0 Å². The van der Waals surface area contributed by atoms with E-state index in [9.17, 15) is 8.42 Å². The van der Waals surface area contributed by atoms with Gasteiger partial charge >= 0.3 is 10.1 Å². The highest BCUT2D eigenvalue weighted by atomic mass is 32.2. The second-order valence-electron chi connectivity index (χ2n) is 1.97. The molecular weight excluding hydrogens is 184 g/mol. The molecule has 0 bridgehead atoms. The molecule has 0 saturated heterocycles. The molecule has 1 rings (SSSR count). The lowest BCUT2D eigenvalue weighted by molar-refractivity contribution is 0.367. The van der Waals surface area contributed by atoms with Crippen LogP contribution in [0.5, 0.6) is 0 Å². The summed E-state index contributed by atoms with van der Waals surface area (Å²) in [6, 6.07) is 0. The lowest BCUT2D eigenvalue weighted by Crippen LogP contribution is -2.01. The standard InChI is InChI=1S/C5H6N2O4S/c1-2-3-4-5(6-7-11-4)12(8,9)10/h2H,1,3H2,(H,8,9,10). The second kappa shape index (κ2) is 3.03. The Labute approximate surface area is 68.6 Å². The third-order valence-corrected chi connectivity index (χ3v) is 1.89. The summed E-state index contributed by atoms with van der Waals surface area (Å²) in [7, 11) is -4.33.